The van der Waals surface area contributed by atoms with Crippen LogP contribution in [0.4, 0.5) is 0 Å². The van der Waals surface area contributed by atoms with E-state index in [0.717, 1.165) is 36.0 Å². The Hall–Kier alpha value is -1.61. The molecule has 2 rings (SSSR count). The largest absolute Gasteiger partial charge is 0.478 e. The van der Waals surface area contributed by atoms with Gasteiger partial charge in [-0.3, -0.25) is 0 Å². The minimum absolute atomic E-state index is 0.336. The molecule has 3 heteroatoms. The zero-order valence-corrected chi connectivity index (χ0v) is 9.90. The van der Waals surface area contributed by atoms with E-state index >= 15 is 0 Å². The Bertz CT molecular complexity index is 461. The number of allylic oxidation sites excluding steroid dienone is 2. The van der Waals surface area contributed by atoms with Crippen LogP contribution in [0.2, 0.25) is 0 Å². The van der Waals surface area contributed by atoms with Crippen molar-refractivity contribution < 1.29 is 14.6 Å². The number of ether oxygens (including phenoxy) is 1. The number of hydrogen-bond acceptors (Lipinski definition) is 2. The maximum absolute atomic E-state index is 11.4. The van der Waals surface area contributed by atoms with Crippen LogP contribution in [-0.2, 0) is 11.3 Å². The number of methoxy groups -OCH3 is 1. The molecule has 1 aliphatic carbocycles. The zero-order valence-electron chi connectivity index (χ0n) is 9.90. The Balaban J connectivity index is 2.50. The van der Waals surface area contributed by atoms with Crippen molar-refractivity contribution in [1.29, 1.82) is 0 Å². The van der Waals surface area contributed by atoms with Crippen LogP contribution in [0.1, 0.15) is 40.7 Å². The van der Waals surface area contributed by atoms with Crippen LogP contribution in [0.3, 0.4) is 0 Å². The van der Waals surface area contributed by atoms with Gasteiger partial charge in [0.2, 0.25) is 0 Å². The molecule has 0 bridgehead atoms. The van der Waals surface area contributed by atoms with Gasteiger partial charge in [-0.2, -0.15) is 0 Å². The SMILES string of the molecule is COCc1cccc(C2=CCCC2)c1C(=O)O. The van der Waals surface area contributed by atoms with E-state index in [9.17, 15) is 9.90 Å². The molecule has 0 saturated heterocycles. The minimum atomic E-state index is -0.875. The average Bonchev–Trinajstić information content (AvgIpc) is 2.82. The van der Waals surface area contributed by atoms with E-state index in [-0.39, 0.29) is 0 Å². The molecule has 1 aromatic rings. The van der Waals surface area contributed by atoms with Crippen molar-refractivity contribution in [2.45, 2.75) is 25.9 Å². The predicted octanol–water partition coefficient (Wildman–Crippen LogP) is 3.10. The van der Waals surface area contributed by atoms with Crippen molar-refractivity contribution in [3.8, 4) is 0 Å². The fraction of sp³-hybridized carbons (Fsp3) is 0.357. The van der Waals surface area contributed by atoms with Crippen molar-refractivity contribution in [2.24, 2.45) is 0 Å². The molecule has 0 atom stereocenters. The van der Waals surface area contributed by atoms with Crippen LogP contribution in [0.15, 0.2) is 24.3 Å². The first-order chi connectivity index (χ1) is 8.24. The molecule has 0 spiro atoms. The lowest BCUT2D eigenvalue weighted by Crippen LogP contribution is -2.07. The Labute approximate surface area is 101 Å². The maximum Gasteiger partial charge on any atom is 0.336 e. The Morgan fingerprint density at radius 2 is 2.29 bits per heavy atom. The number of benzene rings is 1. The first kappa shape index (κ1) is 11.9. The summed E-state index contributed by atoms with van der Waals surface area (Å²) in [6.07, 6.45) is 5.26. The fourth-order valence-corrected chi connectivity index (χ4v) is 2.31. The number of carbonyl (C=O) groups is 1. The van der Waals surface area contributed by atoms with E-state index in [2.05, 4.69) is 6.08 Å². The lowest BCUT2D eigenvalue weighted by Gasteiger charge is -2.11. The highest BCUT2D eigenvalue weighted by molar-refractivity contribution is 5.96. The highest BCUT2D eigenvalue weighted by Crippen LogP contribution is 2.31. The molecule has 90 valence electrons. The van der Waals surface area contributed by atoms with Gasteiger partial charge in [0.1, 0.15) is 0 Å². The molecule has 1 aliphatic rings. The smallest absolute Gasteiger partial charge is 0.336 e. The van der Waals surface area contributed by atoms with Gasteiger partial charge in [0, 0.05) is 7.11 Å². The molecule has 1 N–H and O–H groups in total. The second kappa shape index (κ2) is 5.15. The Morgan fingerprint density at radius 1 is 1.47 bits per heavy atom. The standard InChI is InChI=1S/C14H16O3/c1-17-9-11-7-4-8-12(13(11)14(15)16)10-5-2-3-6-10/h4-5,7-8H,2-3,6,9H2,1H3,(H,15,16). The number of rotatable bonds is 4. The van der Waals surface area contributed by atoms with Gasteiger partial charge < -0.3 is 9.84 Å². The molecule has 0 aliphatic heterocycles. The van der Waals surface area contributed by atoms with Crippen molar-refractivity contribution in [1.82, 2.24) is 0 Å². The van der Waals surface area contributed by atoms with Crippen LogP contribution in [-0.4, -0.2) is 18.2 Å². The summed E-state index contributed by atoms with van der Waals surface area (Å²) in [5, 5.41) is 9.35. The number of aromatic carboxylic acids is 1. The van der Waals surface area contributed by atoms with Gasteiger partial charge in [-0.05, 0) is 36.0 Å². The number of carboxylic acid groups (broad SMARTS) is 1. The highest BCUT2D eigenvalue weighted by atomic mass is 16.5. The van der Waals surface area contributed by atoms with E-state index in [1.165, 1.54) is 0 Å². The van der Waals surface area contributed by atoms with Gasteiger partial charge in [0.05, 0.1) is 12.2 Å². The normalized spacial score (nSPS) is 14.8. The fourth-order valence-electron chi connectivity index (χ4n) is 2.31. The lowest BCUT2D eigenvalue weighted by atomic mass is 9.95. The third kappa shape index (κ3) is 2.39. The van der Waals surface area contributed by atoms with E-state index in [0.29, 0.717) is 12.2 Å². The first-order valence-corrected chi connectivity index (χ1v) is 5.77. The second-order valence-electron chi connectivity index (χ2n) is 4.20. The van der Waals surface area contributed by atoms with Gasteiger partial charge >= 0.3 is 5.97 Å². The van der Waals surface area contributed by atoms with Gasteiger partial charge in [-0.1, -0.05) is 24.3 Å². The molecule has 0 radical (unpaired) electrons. The van der Waals surface area contributed by atoms with Crippen molar-refractivity contribution in [2.75, 3.05) is 7.11 Å². The van der Waals surface area contributed by atoms with Crippen LogP contribution in [0.25, 0.3) is 5.57 Å². The molecular weight excluding hydrogens is 216 g/mol. The summed E-state index contributed by atoms with van der Waals surface area (Å²) in [6.45, 7) is 0.336. The highest BCUT2D eigenvalue weighted by Gasteiger charge is 2.19. The Morgan fingerprint density at radius 3 is 2.88 bits per heavy atom. The average molecular weight is 232 g/mol. The number of carboxylic acids is 1. The summed E-state index contributed by atoms with van der Waals surface area (Å²) in [4.78, 5) is 11.4. The third-order valence-corrected chi connectivity index (χ3v) is 3.05. The number of hydrogen-bond donors (Lipinski definition) is 1. The molecule has 1 aromatic carbocycles. The summed E-state index contributed by atoms with van der Waals surface area (Å²) in [5.74, 6) is -0.875. The topological polar surface area (TPSA) is 46.5 Å². The molecule has 0 aromatic heterocycles. The maximum atomic E-state index is 11.4. The van der Waals surface area contributed by atoms with Gasteiger partial charge in [-0.15, -0.1) is 0 Å². The molecule has 17 heavy (non-hydrogen) atoms. The lowest BCUT2D eigenvalue weighted by molar-refractivity contribution is 0.0691. The summed E-state index contributed by atoms with van der Waals surface area (Å²) < 4.78 is 5.05. The van der Waals surface area contributed by atoms with Crippen molar-refractivity contribution >= 4 is 11.5 Å². The molecule has 3 nitrogen and oxygen atoms in total. The zero-order chi connectivity index (χ0) is 12.3. The van der Waals surface area contributed by atoms with Crippen LogP contribution in [0.5, 0.6) is 0 Å². The first-order valence-electron chi connectivity index (χ1n) is 5.77. The summed E-state index contributed by atoms with van der Waals surface area (Å²) in [7, 11) is 1.58. The van der Waals surface area contributed by atoms with Crippen LogP contribution in [0, 0.1) is 0 Å². The van der Waals surface area contributed by atoms with Crippen molar-refractivity contribution in [3.05, 3.63) is 41.0 Å². The molecule has 0 amide bonds. The van der Waals surface area contributed by atoms with Gasteiger partial charge in [-0.25, -0.2) is 4.79 Å². The second-order valence-corrected chi connectivity index (χ2v) is 4.20. The molecular formula is C14H16O3. The third-order valence-electron chi connectivity index (χ3n) is 3.05. The quantitative estimate of drug-likeness (QED) is 0.867. The molecule has 0 heterocycles. The van der Waals surface area contributed by atoms with Gasteiger partial charge in [0.25, 0.3) is 0 Å². The van der Waals surface area contributed by atoms with Crippen LogP contribution < -0.4 is 0 Å². The molecule has 0 saturated carbocycles. The van der Waals surface area contributed by atoms with Crippen LogP contribution >= 0.6 is 0 Å². The summed E-state index contributed by atoms with van der Waals surface area (Å²) in [6, 6.07) is 5.60. The predicted molar refractivity (Wildman–Crippen MR) is 65.9 cm³/mol. The minimum Gasteiger partial charge on any atom is -0.478 e. The van der Waals surface area contributed by atoms with E-state index < -0.39 is 5.97 Å². The summed E-state index contributed by atoms with van der Waals surface area (Å²) in [5.41, 5.74) is 3.14. The van der Waals surface area contributed by atoms with E-state index in [4.69, 9.17) is 4.74 Å². The summed E-state index contributed by atoms with van der Waals surface area (Å²) >= 11 is 0. The van der Waals surface area contributed by atoms with E-state index in [1.54, 1.807) is 7.11 Å². The molecule has 0 unspecified atom stereocenters. The monoisotopic (exact) mass is 232 g/mol. The van der Waals surface area contributed by atoms with E-state index in [1.807, 2.05) is 18.2 Å². The Kier molecular flexibility index (Phi) is 3.59. The van der Waals surface area contributed by atoms with Crippen molar-refractivity contribution in [3.63, 3.8) is 0 Å². The van der Waals surface area contributed by atoms with Gasteiger partial charge in [0.15, 0.2) is 0 Å². The molecule has 0 fully saturated rings.